The van der Waals surface area contributed by atoms with Gasteiger partial charge in [-0.25, -0.2) is 0 Å². The van der Waals surface area contributed by atoms with Crippen LogP contribution >= 0.6 is 0 Å². The lowest BCUT2D eigenvalue weighted by atomic mass is 10.1. The molecule has 6 rings (SSSR count). The zero-order valence-electron chi connectivity index (χ0n) is 21.7. The van der Waals surface area contributed by atoms with Crippen LogP contribution in [0.1, 0.15) is 33.6 Å². The summed E-state index contributed by atoms with van der Waals surface area (Å²) in [6, 6.07) is 28.4. The average molecular weight is 546 g/mol. The summed E-state index contributed by atoms with van der Waals surface area (Å²) in [6.07, 6.45) is 1.47. The first-order chi connectivity index (χ1) is 20.0. The third kappa shape index (κ3) is 5.23. The highest BCUT2D eigenvalue weighted by Crippen LogP contribution is 2.27. The van der Waals surface area contributed by atoms with Gasteiger partial charge in [-0.1, -0.05) is 54.6 Å². The maximum atomic E-state index is 13.0. The number of ether oxygens (including phenoxy) is 2. The van der Waals surface area contributed by atoms with Crippen molar-refractivity contribution in [3.8, 4) is 28.4 Å². The van der Waals surface area contributed by atoms with Crippen LogP contribution in [0.3, 0.4) is 0 Å². The van der Waals surface area contributed by atoms with E-state index in [4.69, 9.17) is 13.9 Å². The van der Waals surface area contributed by atoms with E-state index in [1.165, 1.54) is 24.5 Å². The Morgan fingerprint density at radius 1 is 0.732 bits per heavy atom. The zero-order chi connectivity index (χ0) is 28.3. The topological polar surface area (TPSA) is 103 Å². The van der Waals surface area contributed by atoms with Crippen LogP contribution in [-0.2, 0) is 4.79 Å². The Labute approximate surface area is 234 Å². The van der Waals surface area contributed by atoms with E-state index in [0.717, 1.165) is 16.0 Å². The van der Waals surface area contributed by atoms with Crippen molar-refractivity contribution in [1.82, 2.24) is 4.90 Å². The Morgan fingerprint density at radius 2 is 1.37 bits per heavy atom. The molecule has 2 amide bonds. The number of carbonyl (C=O) groups excluding carboxylic acids is 3. The summed E-state index contributed by atoms with van der Waals surface area (Å²) < 4.78 is 16.8. The predicted octanol–water partition coefficient (Wildman–Crippen LogP) is 6.23. The molecule has 0 atom stereocenters. The second-order valence-electron chi connectivity index (χ2n) is 9.46. The molecule has 1 aliphatic heterocycles. The first-order valence-corrected chi connectivity index (χ1v) is 13.0. The average Bonchev–Trinajstić information content (AvgIpc) is 3.24. The van der Waals surface area contributed by atoms with Gasteiger partial charge in [0.15, 0.2) is 0 Å². The van der Waals surface area contributed by atoms with Crippen LogP contribution < -0.4 is 14.9 Å². The summed E-state index contributed by atoms with van der Waals surface area (Å²) >= 11 is 0. The maximum Gasteiger partial charge on any atom is 0.311 e. The van der Waals surface area contributed by atoms with Gasteiger partial charge in [0.2, 0.25) is 11.2 Å². The van der Waals surface area contributed by atoms with E-state index in [2.05, 4.69) is 0 Å². The van der Waals surface area contributed by atoms with Crippen molar-refractivity contribution in [2.75, 3.05) is 6.54 Å². The molecule has 4 aromatic carbocycles. The Morgan fingerprint density at radius 3 is 2.07 bits per heavy atom. The summed E-state index contributed by atoms with van der Waals surface area (Å²) in [5.41, 5.74) is 2.70. The van der Waals surface area contributed by atoms with Crippen molar-refractivity contribution in [3.63, 3.8) is 0 Å². The summed E-state index contributed by atoms with van der Waals surface area (Å²) in [5, 5.41) is 0.272. The van der Waals surface area contributed by atoms with Crippen molar-refractivity contribution >= 4 is 28.8 Å². The SMILES string of the molecule is O=C(CCCN1C(=O)c2ccccc2C1=O)Oc1ccc2c(=O)c(Oc3ccc(-c4ccccc4)cc3)coc2c1. The van der Waals surface area contributed by atoms with Crippen LogP contribution in [0, 0.1) is 0 Å². The van der Waals surface area contributed by atoms with Gasteiger partial charge in [-0.2, -0.15) is 0 Å². The molecule has 41 heavy (non-hydrogen) atoms. The van der Waals surface area contributed by atoms with Gasteiger partial charge >= 0.3 is 5.97 Å². The number of rotatable bonds is 8. The fourth-order valence-electron chi connectivity index (χ4n) is 4.70. The third-order valence-corrected chi connectivity index (χ3v) is 6.78. The molecule has 2 heterocycles. The molecule has 8 heteroatoms. The van der Waals surface area contributed by atoms with Gasteiger partial charge < -0.3 is 13.9 Å². The minimum Gasteiger partial charge on any atom is -0.460 e. The molecule has 0 radical (unpaired) electrons. The van der Waals surface area contributed by atoms with Crippen molar-refractivity contribution in [2.24, 2.45) is 0 Å². The van der Waals surface area contributed by atoms with Crippen LogP contribution in [-0.4, -0.2) is 29.2 Å². The summed E-state index contributed by atoms with van der Waals surface area (Å²) in [5.74, 6) is -0.545. The Balaban J connectivity index is 1.07. The van der Waals surface area contributed by atoms with E-state index in [9.17, 15) is 19.2 Å². The van der Waals surface area contributed by atoms with Crippen LogP contribution in [0.15, 0.2) is 113 Å². The highest BCUT2D eigenvalue weighted by Gasteiger charge is 2.34. The van der Waals surface area contributed by atoms with E-state index in [0.29, 0.717) is 16.9 Å². The number of fused-ring (bicyclic) bond motifs is 2. The van der Waals surface area contributed by atoms with Gasteiger partial charge in [0.1, 0.15) is 23.3 Å². The molecule has 1 aliphatic rings. The molecule has 0 N–H and O–H groups in total. The molecular formula is C33H23NO7. The summed E-state index contributed by atoms with van der Waals surface area (Å²) in [6.45, 7) is 0.103. The zero-order valence-corrected chi connectivity index (χ0v) is 21.7. The number of benzene rings is 4. The van der Waals surface area contributed by atoms with E-state index in [1.54, 1.807) is 36.4 Å². The van der Waals surface area contributed by atoms with Crippen LogP contribution in [0.4, 0.5) is 0 Å². The van der Waals surface area contributed by atoms with E-state index < -0.39 is 5.97 Å². The number of amides is 2. The van der Waals surface area contributed by atoms with Gasteiger partial charge in [-0.15, -0.1) is 0 Å². The number of hydrogen-bond donors (Lipinski definition) is 0. The Hall–Kier alpha value is -5.50. The van der Waals surface area contributed by atoms with Crippen molar-refractivity contribution < 1.29 is 28.3 Å². The second-order valence-corrected chi connectivity index (χ2v) is 9.46. The van der Waals surface area contributed by atoms with E-state index in [-0.39, 0.29) is 59.1 Å². The van der Waals surface area contributed by atoms with Crippen LogP contribution in [0.5, 0.6) is 17.2 Å². The highest BCUT2D eigenvalue weighted by atomic mass is 16.5. The first-order valence-electron chi connectivity index (χ1n) is 13.0. The lowest BCUT2D eigenvalue weighted by Gasteiger charge is -2.13. The maximum absolute atomic E-state index is 13.0. The van der Waals surface area contributed by atoms with Crippen molar-refractivity contribution in [2.45, 2.75) is 12.8 Å². The summed E-state index contributed by atoms with van der Waals surface area (Å²) in [7, 11) is 0. The van der Waals surface area contributed by atoms with Crippen LogP contribution in [0.25, 0.3) is 22.1 Å². The predicted molar refractivity (Wildman–Crippen MR) is 151 cm³/mol. The second kappa shape index (κ2) is 10.9. The molecule has 1 aromatic heterocycles. The Kier molecular flexibility index (Phi) is 6.87. The fraction of sp³-hybridized carbons (Fsp3) is 0.0909. The van der Waals surface area contributed by atoms with Gasteiger partial charge in [0.05, 0.1) is 16.5 Å². The molecule has 0 saturated heterocycles. The minimum absolute atomic E-state index is 0.00870. The number of hydrogen-bond acceptors (Lipinski definition) is 7. The monoisotopic (exact) mass is 545 g/mol. The van der Waals surface area contributed by atoms with Crippen molar-refractivity contribution in [1.29, 1.82) is 0 Å². The normalized spacial score (nSPS) is 12.4. The molecule has 5 aromatic rings. The molecule has 0 saturated carbocycles. The fourth-order valence-corrected chi connectivity index (χ4v) is 4.70. The van der Waals surface area contributed by atoms with Gasteiger partial charge in [0, 0.05) is 19.0 Å². The van der Waals surface area contributed by atoms with Gasteiger partial charge in [0.25, 0.3) is 11.8 Å². The lowest BCUT2D eigenvalue weighted by molar-refractivity contribution is -0.134. The molecule has 0 fully saturated rings. The molecule has 0 aliphatic carbocycles. The molecule has 0 bridgehead atoms. The number of imide groups is 1. The quantitative estimate of drug-likeness (QED) is 0.129. The third-order valence-electron chi connectivity index (χ3n) is 6.78. The molecular weight excluding hydrogens is 522 g/mol. The minimum atomic E-state index is -0.540. The van der Waals surface area contributed by atoms with Crippen molar-refractivity contribution in [3.05, 3.63) is 125 Å². The van der Waals surface area contributed by atoms with Gasteiger partial charge in [-0.05, 0) is 53.9 Å². The lowest BCUT2D eigenvalue weighted by Crippen LogP contribution is -2.31. The molecule has 8 nitrogen and oxygen atoms in total. The number of carbonyl (C=O) groups is 3. The highest BCUT2D eigenvalue weighted by molar-refractivity contribution is 6.21. The smallest absolute Gasteiger partial charge is 0.311 e. The summed E-state index contributed by atoms with van der Waals surface area (Å²) in [4.78, 5) is 51.5. The molecule has 0 spiro atoms. The standard InChI is InChI=1S/C33H23NO7/c35-30(11-6-18-34-32(37)25-9-4-5-10-26(25)33(34)38)41-24-16-17-27-28(19-24)39-20-29(31(27)36)40-23-14-12-22(13-15-23)21-7-2-1-3-8-21/h1-5,7-10,12-17,19-20H,6,11,18H2. The largest absolute Gasteiger partial charge is 0.460 e. The van der Waals surface area contributed by atoms with Gasteiger partial charge in [-0.3, -0.25) is 24.1 Å². The van der Waals surface area contributed by atoms with E-state index >= 15 is 0 Å². The first kappa shape index (κ1) is 25.8. The molecule has 202 valence electrons. The van der Waals surface area contributed by atoms with Crippen LogP contribution in [0.2, 0.25) is 0 Å². The molecule has 0 unspecified atom stereocenters. The van der Waals surface area contributed by atoms with E-state index in [1.807, 2.05) is 42.5 Å². The number of esters is 1. The Bertz CT molecular complexity index is 1810. The number of nitrogens with zero attached hydrogens (tertiary/aromatic N) is 1.